The minimum atomic E-state index is -0.310. The first-order valence-electron chi connectivity index (χ1n) is 3.22. The lowest BCUT2D eigenvalue weighted by Gasteiger charge is -2.13. The molecule has 0 aliphatic carbocycles. The van der Waals surface area contributed by atoms with Gasteiger partial charge in [0.05, 0.1) is 5.69 Å². The van der Waals surface area contributed by atoms with Gasteiger partial charge in [-0.2, -0.15) is 0 Å². The van der Waals surface area contributed by atoms with Crippen LogP contribution in [0.2, 0.25) is 0 Å². The number of benzene rings is 1. The van der Waals surface area contributed by atoms with Crippen LogP contribution >= 0.6 is 0 Å². The Kier molecular flexibility index (Phi) is 2.25. The molecule has 0 unspecified atom stereocenters. The molecule has 5 nitrogen and oxygen atoms in total. The Morgan fingerprint density at radius 3 is 2.75 bits per heavy atom. The zero-order valence-electron chi connectivity index (χ0n) is 6.39. The molecule has 0 fully saturated rings. The second-order valence-electron chi connectivity index (χ2n) is 2.27. The molecule has 0 aromatic heterocycles. The topological polar surface area (TPSA) is 76.0 Å². The molecule has 0 aliphatic heterocycles. The van der Waals surface area contributed by atoms with Crippen molar-refractivity contribution in [3.8, 4) is 5.75 Å². The summed E-state index contributed by atoms with van der Waals surface area (Å²) in [6.45, 7) is 0. The van der Waals surface area contributed by atoms with Crippen molar-refractivity contribution in [2.75, 3.05) is 12.1 Å². The van der Waals surface area contributed by atoms with Crippen LogP contribution in [0.5, 0.6) is 5.75 Å². The molecule has 0 bridgehead atoms. The lowest BCUT2D eigenvalue weighted by atomic mass is 10.2. The summed E-state index contributed by atoms with van der Waals surface area (Å²) in [6.07, 6.45) is 0. The van der Waals surface area contributed by atoms with E-state index in [1.807, 2.05) is 0 Å². The fourth-order valence-electron chi connectivity index (χ4n) is 0.850. The van der Waals surface area contributed by atoms with Gasteiger partial charge < -0.3 is 5.11 Å². The van der Waals surface area contributed by atoms with Crippen LogP contribution in [0.3, 0.4) is 0 Å². The summed E-state index contributed by atoms with van der Waals surface area (Å²) < 4.78 is 0. The summed E-state index contributed by atoms with van der Waals surface area (Å²) in [5.74, 6) is -0.310. The van der Waals surface area contributed by atoms with E-state index < -0.39 is 0 Å². The van der Waals surface area contributed by atoms with Gasteiger partial charge in [-0.15, -0.1) is 10.7 Å². The van der Waals surface area contributed by atoms with E-state index in [1.54, 1.807) is 0 Å². The summed E-state index contributed by atoms with van der Waals surface area (Å²) in [6, 6.07) is 3.64. The van der Waals surface area contributed by atoms with Crippen LogP contribution < -0.4 is 10.2 Å². The number of hydroxylamine groups is 1. The van der Waals surface area contributed by atoms with Gasteiger partial charge >= 0.3 is 0 Å². The third-order valence-electron chi connectivity index (χ3n) is 1.39. The van der Waals surface area contributed by atoms with Gasteiger partial charge in [-0.25, -0.2) is 0 Å². The first-order chi connectivity index (χ1) is 5.65. The average molecular weight is 167 g/mol. The van der Waals surface area contributed by atoms with Crippen molar-refractivity contribution >= 4 is 11.4 Å². The fourth-order valence-corrected chi connectivity index (χ4v) is 0.850. The van der Waals surface area contributed by atoms with E-state index in [0.717, 1.165) is 11.1 Å². The number of rotatable bonds is 2. The molecule has 12 heavy (non-hydrogen) atoms. The van der Waals surface area contributed by atoms with Gasteiger partial charge in [-0.3, -0.25) is 10.3 Å². The zero-order valence-corrected chi connectivity index (χ0v) is 6.39. The highest BCUT2D eigenvalue weighted by Gasteiger charge is 2.03. The van der Waals surface area contributed by atoms with Crippen LogP contribution in [0.15, 0.2) is 23.4 Å². The second-order valence-corrected chi connectivity index (χ2v) is 2.27. The van der Waals surface area contributed by atoms with Crippen molar-refractivity contribution in [2.45, 2.75) is 0 Å². The SMILES string of the molecule is CN(O)c1ccc([O-])cc1N=O. The number of nitrogens with zero attached hydrogens (tertiary/aromatic N) is 2. The smallest absolute Gasteiger partial charge is 0.133 e. The van der Waals surface area contributed by atoms with Crippen LogP contribution in [-0.4, -0.2) is 12.3 Å². The van der Waals surface area contributed by atoms with E-state index in [4.69, 9.17) is 5.21 Å². The molecule has 0 spiro atoms. The zero-order chi connectivity index (χ0) is 9.14. The minimum Gasteiger partial charge on any atom is -0.872 e. The third-order valence-corrected chi connectivity index (χ3v) is 1.39. The van der Waals surface area contributed by atoms with Gasteiger partial charge in [0.2, 0.25) is 0 Å². The number of hydrogen-bond donors (Lipinski definition) is 1. The van der Waals surface area contributed by atoms with E-state index >= 15 is 0 Å². The summed E-state index contributed by atoms with van der Waals surface area (Å²) >= 11 is 0. The Morgan fingerprint density at radius 1 is 1.58 bits per heavy atom. The highest BCUT2D eigenvalue weighted by molar-refractivity contribution is 5.66. The van der Waals surface area contributed by atoms with Crippen molar-refractivity contribution in [1.82, 2.24) is 0 Å². The molecule has 1 aromatic carbocycles. The van der Waals surface area contributed by atoms with E-state index in [-0.39, 0.29) is 17.1 Å². The highest BCUT2D eigenvalue weighted by atomic mass is 16.5. The molecule has 1 aromatic rings. The first-order valence-corrected chi connectivity index (χ1v) is 3.22. The van der Waals surface area contributed by atoms with Crippen molar-refractivity contribution in [3.05, 3.63) is 23.1 Å². The lowest BCUT2D eigenvalue weighted by Crippen LogP contribution is -2.09. The number of anilines is 1. The normalized spacial score (nSPS) is 9.50. The van der Waals surface area contributed by atoms with Crippen molar-refractivity contribution in [1.29, 1.82) is 0 Å². The van der Waals surface area contributed by atoms with E-state index in [9.17, 15) is 10.0 Å². The van der Waals surface area contributed by atoms with Gasteiger partial charge in [0.15, 0.2) is 0 Å². The molecule has 0 atom stereocenters. The summed E-state index contributed by atoms with van der Waals surface area (Å²) in [7, 11) is 1.34. The molecule has 0 heterocycles. The Bertz CT molecular complexity index is 299. The maximum Gasteiger partial charge on any atom is 0.133 e. The molecule has 0 saturated heterocycles. The summed E-state index contributed by atoms with van der Waals surface area (Å²) in [5.41, 5.74) is 0.150. The van der Waals surface area contributed by atoms with Crippen molar-refractivity contribution in [3.63, 3.8) is 0 Å². The van der Waals surface area contributed by atoms with Crippen LogP contribution in [0.25, 0.3) is 0 Å². The average Bonchev–Trinajstić information content (AvgIpc) is 2.03. The molecule has 1 rings (SSSR count). The largest absolute Gasteiger partial charge is 0.872 e. The molecule has 0 amide bonds. The Morgan fingerprint density at radius 2 is 2.25 bits per heavy atom. The molecular weight excluding hydrogens is 160 g/mol. The number of hydrogen-bond acceptors (Lipinski definition) is 5. The van der Waals surface area contributed by atoms with Crippen molar-refractivity contribution in [2.24, 2.45) is 5.18 Å². The minimum absolute atomic E-state index is 0.0625. The fraction of sp³-hybridized carbons (Fsp3) is 0.143. The standard InChI is InChI=1S/C7H8N2O3/c1-9(12)7-3-2-5(10)4-6(7)8-11/h2-4,10,12H,1H3/p-1. The van der Waals surface area contributed by atoms with Crippen LogP contribution in [0.4, 0.5) is 11.4 Å². The Labute approximate surface area is 68.8 Å². The van der Waals surface area contributed by atoms with E-state index in [2.05, 4.69) is 5.18 Å². The van der Waals surface area contributed by atoms with Crippen LogP contribution in [0, 0.1) is 4.91 Å². The van der Waals surface area contributed by atoms with E-state index in [0.29, 0.717) is 0 Å². The van der Waals surface area contributed by atoms with Gasteiger partial charge in [-0.1, -0.05) is 6.07 Å². The third kappa shape index (κ3) is 1.51. The van der Waals surface area contributed by atoms with Gasteiger partial charge in [0, 0.05) is 7.05 Å². The predicted octanol–water partition coefficient (Wildman–Crippen LogP) is 0.983. The Balaban J connectivity index is 3.20. The van der Waals surface area contributed by atoms with Crippen LogP contribution in [0.1, 0.15) is 0 Å². The maximum atomic E-state index is 10.7. The van der Waals surface area contributed by atoms with Gasteiger partial charge in [-0.05, 0) is 17.3 Å². The molecule has 0 aliphatic rings. The lowest BCUT2D eigenvalue weighted by molar-refractivity contribution is -0.268. The maximum absolute atomic E-state index is 10.7. The predicted molar refractivity (Wildman–Crippen MR) is 41.5 cm³/mol. The van der Waals surface area contributed by atoms with Crippen molar-refractivity contribution < 1.29 is 10.3 Å². The van der Waals surface area contributed by atoms with Gasteiger partial charge in [0.25, 0.3) is 0 Å². The molecule has 64 valence electrons. The first kappa shape index (κ1) is 8.48. The molecule has 0 saturated carbocycles. The summed E-state index contributed by atoms with van der Waals surface area (Å²) in [5, 5.41) is 23.0. The monoisotopic (exact) mass is 167 g/mol. The molecular formula is C7H7N2O3-. The number of nitroso groups, excluding NO2 is 1. The molecule has 1 N–H and O–H groups in total. The Hall–Kier alpha value is -1.62. The quantitative estimate of drug-likeness (QED) is 0.526. The van der Waals surface area contributed by atoms with Crippen LogP contribution in [-0.2, 0) is 0 Å². The molecule has 5 heteroatoms. The highest BCUT2D eigenvalue weighted by Crippen LogP contribution is 2.29. The van der Waals surface area contributed by atoms with E-state index in [1.165, 1.54) is 19.2 Å². The van der Waals surface area contributed by atoms with Gasteiger partial charge in [0.1, 0.15) is 5.69 Å². The molecule has 0 radical (unpaired) electrons. The second kappa shape index (κ2) is 3.19. The summed E-state index contributed by atoms with van der Waals surface area (Å²) in [4.78, 5) is 10.2.